The van der Waals surface area contributed by atoms with Crippen LogP contribution in [0.2, 0.25) is 0 Å². The summed E-state index contributed by atoms with van der Waals surface area (Å²) in [6, 6.07) is 0. The number of rotatable bonds is 1. The van der Waals surface area contributed by atoms with Crippen LogP contribution >= 0.6 is 0 Å². The summed E-state index contributed by atoms with van der Waals surface area (Å²) in [6.45, 7) is 4.97. The van der Waals surface area contributed by atoms with Gasteiger partial charge in [0.2, 0.25) is 0 Å². The molecule has 10 heavy (non-hydrogen) atoms. The lowest BCUT2D eigenvalue weighted by Gasteiger charge is -2.15. The van der Waals surface area contributed by atoms with Crippen molar-refractivity contribution in [1.82, 2.24) is 0 Å². The van der Waals surface area contributed by atoms with E-state index >= 15 is 0 Å². The molecule has 56 valence electrons. The van der Waals surface area contributed by atoms with E-state index in [9.17, 15) is 0 Å². The lowest BCUT2D eigenvalue weighted by Crippen LogP contribution is -2.12. The Hall–Kier alpha value is -0.560. The van der Waals surface area contributed by atoms with Crippen molar-refractivity contribution in [3.8, 4) is 0 Å². The second-order valence-electron chi connectivity index (χ2n) is 2.82. The van der Waals surface area contributed by atoms with Gasteiger partial charge in [0.25, 0.3) is 0 Å². The third kappa shape index (κ3) is 2.36. The first-order valence-corrected chi connectivity index (χ1v) is 3.70. The molecule has 0 saturated carbocycles. The van der Waals surface area contributed by atoms with E-state index in [0.717, 1.165) is 13.0 Å². The molecule has 1 aliphatic heterocycles. The molecule has 0 saturated heterocycles. The van der Waals surface area contributed by atoms with Crippen molar-refractivity contribution < 1.29 is 4.74 Å². The molecular weight excluding hydrogens is 124 g/mol. The molecular formula is C9H14O. The minimum atomic E-state index is 0.329. The standard InChI is InChI=1S/C9H14O/c1-8(2)7-9-5-3-4-6-10-9/h3-4,7,9H,5-6H2,1-2H3/t9-/m0/s1. The summed E-state index contributed by atoms with van der Waals surface area (Å²) < 4.78 is 5.43. The highest BCUT2D eigenvalue weighted by molar-refractivity contribution is 5.03. The second kappa shape index (κ2) is 3.57. The highest BCUT2D eigenvalue weighted by Gasteiger charge is 2.04. The Labute approximate surface area is 62.4 Å². The van der Waals surface area contributed by atoms with Crippen LogP contribution in [-0.2, 0) is 4.74 Å². The first-order valence-electron chi connectivity index (χ1n) is 3.70. The number of hydrogen-bond donors (Lipinski definition) is 0. The predicted octanol–water partition coefficient (Wildman–Crippen LogP) is 2.30. The van der Waals surface area contributed by atoms with Crippen LogP contribution in [0.5, 0.6) is 0 Å². The second-order valence-corrected chi connectivity index (χ2v) is 2.82. The van der Waals surface area contributed by atoms with E-state index < -0.39 is 0 Å². The number of hydrogen-bond acceptors (Lipinski definition) is 1. The van der Waals surface area contributed by atoms with Crippen molar-refractivity contribution in [2.45, 2.75) is 26.4 Å². The van der Waals surface area contributed by atoms with E-state index in [2.05, 4.69) is 32.1 Å². The van der Waals surface area contributed by atoms with E-state index in [4.69, 9.17) is 4.74 Å². The summed E-state index contributed by atoms with van der Waals surface area (Å²) in [5, 5.41) is 0. The minimum Gasteiger partial charge on any atom is -0.370 e. The summed E-state index contributed by atoms with van der Waals surface area (Å²) in [7, 11) is 0. The molecule has 0 fully saturated rings. The van der Waals surface area contributed by atoms with Crippen LogP contribution in [0.4, 0.5) is 0 Å². The largest absolute Gasteiger partial charge is 0.370 e. The molecule has 0 aromatic rings. The van der Waals surface area contributed by atoms with Crippen LogP contribution < -0.4 is 0 Å². The fourth-order valence-electron chi connectivity index (χ4n) is 1.03. The molecule has 0 N–H and O–H groups in total. The summed E-state index contributed by atoms with van der Waals surface area (Å²) in [5.41, 5.74) is 1.33. The van der Waals surface area contributed by atoms with Gasteiger partial charge < -0.3 is 4.74 Å². The van der Waals surface area contributed by atoms with Crippen LogP contribution in [0.1, 0.15) is 20.3 Å². The van der Waals surface area contributed by atoms with Crippen LogP contribution in [0, 0.1) is 0 Å². The Morgan fingerprint density at radius 3 is 2.80 bits per heavy atom. The normalized spacial score (nSPS) is 24.4. The van der Waals surface area contributed by atoms with Gasteiger partial charge >= 0.3 is 0 Å². The third-order valence-corrected chi connectivity index (χ3v) is 1.46. The average molecular weight is 138 g/mol. The highest BCUT2D eigenvalue weighted by atomic mass is 16.5. The molecule has 0 aromatic heterocycles. The van der Waals surface area contributed by atoms with Crippen molar-refractivity contribution >= 4 is 0 Å². The molecule has 0 aromatic carbocycles. The van der Waals surface area contributed by atoms with Crippen LogP contribution in [-0.4, -0.2) is 12.7 Å². The monoisotopic (exact) mass is 138 g/mol. The van der Waals surface area contributed by atoms with Gasteiger partial charge in [-0.3, -0.25) is 0 Å². The molecule has 1 aliphatic rings. The van der Waals surface area contributed by atoms with Gasteiger partial charge in [-0.25, -0.2) is 0 Å². The van der Waals surface area contributed by atoms with Gasteiger partial charge in [0.05, 0.1) is 12.7 Å². The maximum Gasteiger partial charge on any atom is 0.0796 e. The lowest BCUT2D eigenvalue weighted by atomic mass is 10.1. The topological polar surface area (TPSA) is 9.23 Å². The molecule has 0 bridgehead atoms. The van der Waals surface area contributed by atoms with Crippen molar-refractivity contribution in [3.63, 3.8) is 0 Å². The molecule has 1 atom stereocenters. The Kier molecular flexibility index (Phi) is 2.69. The molecule has 0 radical (unpaired) electrons. The zero-order valence-corrected chi connectivity index (χ0v) is 6.63. The molecule has 1 rings (SSSR count). The fourth-order valence-corrected chi connectivity index (χ4v) is 1.03. The van der Waals surface area contributed by atoms with Crippen LogP contribution in [0.15, 0.2) is 23.8 Å². The number of ether oxygens (including phenoxy) is 1. The average Bonchev–Trinajstić information content (AvgIpc) is 1.88. The number of allylic oxidation sites excluding steroid dienone is 1. The smallest absolute Gasteiger partial charge is 0.0796 e. The van der Waals surface area contributed by atoms with E-state index in [0.29, 0.717) is 6.10 Å². The highest BCUT2D eigenvalue weighted by Crippen LogP contribution is 2.09. The minimum absolute atomic E-state index is 0.329. The van der Waals surface area contributed by atoms with Crippen molar-refractivity contribution in [3.05, 3.63) is 23.8 Å². The Morgan fingerprint density at radius 1 is 1.50 bits per heavy atom. The molecule has 0 spiro atoms. The maximum atomic E-state index is 5.43. The van der Waals surface area contributed by atoms with Crippen molar-refractivity contribution in [1.29, 1.82) is 0 Å². The van der Waals surface area contributed by atoms with E-state index in [1.807, 2.05) is 0 Å². The van der Waals surface area contributed by atoms with Crippen LogP contribution in [0.25, 0.3) is 0 Å². The summed E-state index contributed by atoms with van der Waals surface area (Å²) in [4.78, 5) is 0. The maximum absolute atomic E-state index is 5.43. The molecule has 0 unspecified atom stereocenters. The zero-order valence-electron chi connectivity index (χ0n) is 6.63. The predicted molar refractivity (Wildman–Crippen MR) is 42.9 cm³/mol. The van der Waals surface area contributed by atoms with E-state index in [1.54, 1.807) is 0 Å². The molecule has 0 aliphatic carbocycles. The van der Waals surface area contributed by atoms with Crippen molar-refractivity contribution in [2.24, 2.45) is 0 Å². The first kappa shape index (κ1) is 7.55. The van der Waals surface area contributed by atoms with Crippen molar-refractivity contribution in [2.75, 3.05) is 6.61 Å². The van der Waals surface area contributed by atoms with Gasteiger partial charge in [0.15, 0.2) is 0 Å². The van der Waals surface area contributed by atoms with Crippen LogP contribution in [0.3, 0.4) is 0 Å². The molecule has 0 amide bonds. The van der Waals surface area contributed by atoms with Gasteiger partial charge in [-0.15, -0.1) is 0 Å². The Balaban J connectivity index is 2.42. The first-order chi connectivity index (χ1) is 4.79. The quantitative estimate of drug-likeness (QED) is 0.505. The third-order valence-electron chi connectivity index (χ3n) is 1.46. The Bertz CT molecular complexity index is 152. The SMILES string of the molecule is CC(C)=C[C@@H]1CC=CCO1. The molecule has 1 heteroatoms. The fraction of sp³-hybridized carbons (Fsp3) is 0.556. The van der Waals surface area contributed by atoms with Gasteiger partial charge in [-0.05, 0) is 20.3 Å². The van der Waals surface area contributed by atoms with Gasteiger partial charge in [-0.2, -0.15) is 0 Å². The lowest BCUT2D eigenvalue weighted by molar-refractivity contribution is 0.102. The van der Waals surface area contributed by atoms with Gasteiger partial charge in [0, 0.05) is 0 Å². The summed E-state index contributed by atoms with van der Waals surface area (Å²) in [5.74, 6) is 0. The van der Waals surface area contributed by atoms with E-state index in [-0.39, 0.29) is 0 Å². The zero-order chi connectivity index (χ0) is 7.40. The summed E-state index contributed by atoms with van der Waals surface area (Å²) >= 11 is 0. The molecule has 1 heterocycles. The Morgan fingerprint density at radius 2 is 2.30 bits per heavy atom. The molecule has 1 nitrogen and oxygen atoms in total. The van der Waals surface area contributed by atoms with Gasteiger partial charge in [0.1, 0.15) is 0 Å². The summed E-state index contributed by atoms with van der Waals surface area (Å²) in [6.07, 6.45) is 7.77. The van der Waals surface area contributed by atoms with Gasteiger partial charge in [-0.1, -0.05) is 23.8 Å². The van der Waals surface area contributed by atoms with E-state index in [1.165, 1.54) is 5.57 Å².